The van der Waals surface area contributed by atoms with Gasteiger partial charge in [-0.05, 0) is 13.3 Å². The van der Waals surface area contributed by atoms with Gasteiger partial charge >= 0.3 is 5.69 Å². The molecule has 1 unspecified atom stereocenters. The van der Waals surface area contributed by atoms with Crippen LogP contribution in [0, 0.1) is 0 Å². The Morgan fingerprint density at radius 1 is 1.10 bits per heavy atom. The van der Waals surface area contributed by atoms with E-state index in [1.165, 1.54) is 23.4 Å². The van der Waals surface area contributed by atoms with E-state index in [9.17, 15) is 9.59 Å². The Kier molecular flexibility index (Phi) is 5.66. The molecule has 0 saturated carbocycles. The van der Waals surface area contributed by atoms with Gasteiger partial charge in [0.05, 0.1) is 5.25 Å². The molecular weight excluding hydrogens is 392 g/mol. The van der Waals surface area contributed by atoms with Crippen LogP contribution in [-0.4, -0.2) is 29.2 Å². The number of aryl methyl sites for hydroxylation is 2. The highest BCUT2D eigenvalue weighted by atomic mass is 32.2. The van der Waals surface area contributed by atoms with Crippen molar-refractivity contribution < 1.29 is 4.52 Å². The first-order valence-corrected chi connectivity index (χ1v) is 10.4. The Morgan fingerprint density at radius 3 is 2.41 bits per heavy atom. The smallest absolute Gasteiger partial charge is 0.332 e. The molecule has 29 heavy (non-hydrogen) atoms. The van der Waals surface area contributed by atoms with Gasteiger partial charge in [-0.2, -0.15) is 4.98 Å². The molecule has 156 valence electrons. The maximum absolute atomic E-state index is 12.9. The first-order valence-electron chi connectivity index (χ1n) is 9.52. The molecular formula is C19H26N6O3S. The first kappa shape index (κ1) is 21.2. The molecule has 0 saturated heterocycles. The first-order chi connectivity index (χ1) is 13.5. The fraction of sp³-hybridized carbons (Fsp3) is 0.579. The van der Waals surface area contributed by atoms with E-state index in [2.05, 4.69) is 27.0 Å². The lowest BCUT2D eigenvalue weighted by Crippen LogP contribution is -2.38. The van der Waals surface area contributed by atoms with Gasteiger partial charge < -0.3 is 4.52 Å². The van der Waals surface area contributed by atoms with Crippen molar-refractivity contribution in [3.63, 3.8) is 0 Å². The summed E-state index contributed by atoms with van der Waals surface area (Å²) in [6.07, 6.45) is 1.67. The van der Waals surface area contributed by atoms with E-state index < -0.39 is 11.2 Å². The topological polar surface area (TPSA) is 109 Å². The maximum atomic E-state index is 12.9. The largest absolute Gasteiger partial charge is 0.338 e. The monoisotopic (exact) mass is 418 g/mol. The van der Waals surface area contributed by atoms with E-state index in [-0.39, 0.29) is 10.7 Å². The predicted molar refractivity (Wildman–Crippen MR) is 111 cm³/mol. The molecule has 0 aromatic carbocycles. The summed E-state index contributed by atoms with van der Waals surface area (Å²) in [4.78, 5) is 39.0. The third-order valence-electron chi connectivity index (χ3n) is 4.53. The quantitative estimate of drug-likeness (QED) is 0.459. The second-order valence-electron chi connectivity index (χ2n) is 8.07. The Labute approximate surface area is 172 Å². The third-order valence-corrected chi connectivity index (χ3v) is 5.61. The van der Waals surface area contributed by atoms with Crippen molar-refractivity contribution in [3.8, 4) is 0 Å². The maximum Gasteiger partial charge on any atom is 0.332 e. The van der Waals surface area contributed by atoms with Crippen molar-refractivity contribution in [2.24, 2.45) is 14.1 Å². The van der Waals surface area contributed by atoms with Gasteiger partial charge in [-0.1, -0.05) is 44.6 Å². The minimum Gasteiger partial charge on any atom is -0.338 e. The van der Waals surface area contributed by atoms with Crippen LogP contribution in [0.25, 0.3) is 11.0 Å². The average molecular weight is 419 g/mol. The van der Waals surface area contributed by atoms with Crippen molar-refractivity contribution in [1.82, 2.24) is 29.2 Å². The molecule has 3 aromatic rings. The minimum atomic E-state index is -0.425. The van der Waals surface area contributed by atoms with E-state index in [4.69, 9.17) is 4.52 Å². The third kappa shape index (κ3) is 3.98. The summed E-state index contributed by atoms with van der Waals surface area (Å²) in [5, 5.41) is 4.59. The molecule has 0 N–H and O–H groups in total. The molecule has 1 atom stereocenters. The summed E-state index contributed by atoms with van der Waals surface area (Å²) in [7, 11) is 3.06. The van der Waals surface area contributed by atoms with Crippen LogP contribution in [0.4, 0.5) is 0 Å². The minimum absolute atomic E-state index is 0.221. The van der Waals surface area contributed by atoms with E-state index in [1.807, 2.05) is 27.7 Å². The zero-order chi connectivity index (χ0) is 21.5. The van der Waals surface area contributed by atoms with E-state index in [0.717, 1.165) is 17.4 Å². The Balaban J connectivity index is 2.19. The van der Waals surface area contributed by atoms with Gasteiger partial charge in [0.1, 0.15) is 16.2 Å². The van der Waals surface area contributed by atoms with Crippen molar-refractivity contribution in [2.45, 2.75) is 63.2 Å². The molecule has 3 rings (SSSR count). The van der Waals surface area contributed by atoms with Gasteiger partial charge in [-0.15, -0.1) is 0 Å². The van der Waals surface area contributed by atoms with Crippen molar-refractivity contribution in [2.75, 3.05) is 0 Å². The molecule has 0 aliphatic rings. The Hall–Kier alpha value is -2.49. The molecule has 9 nitrogen and oxygen atoms in total. The van der Waals surface area contributed by atoms with Gasteiger partial charge in [-0.3, -0.25) is 13.9 Å². The average Bonchev–Trinajstić information content (AvgIpc) is 3.12. The lowest BCUT2D eigenvalue weighted by molar-refractivity contribution is 0.374. The van der Waals surface area contributed by atoms with Crippen molar-refractivity contribution >= 4 is 22.8 Å². The summed E-state index contributed by atoms with van der Waals surface area (Å²) >= 11 is 1.35. The van der Waals surface area contributed by atoms with Crippen molar-refractivity contribution in [1.29, 1.82) is 0 Å². The highest BCUT2D eigenvalue weighted by Gasteiger charge is 2.26. The fourth-order valence-corrected chi connectivity index (χ4v) is 3.79. The number of thioether (sulfide) groups is 1. The molecule has 0 aliphatic carbocycles. The number of nitrogens with zero attached hydrogens (tertiary/aromatic N) is 6. The normalized spacial score (nSPS) is 13.2. The summed E-state index contributed by atoms with van der Waals surface area (Å²) in [5.41, 5.74) is -0.880. The van der Waals surface area contributed by atoms with Crippen LogP contribution in [0.2, 0.25) is 0 Å². The number of hydrogen-bond acceptors (Lipinski definition) is 8. The molecule has 0 bridgehead atoms. The molecule has 0 fully saturated rings. The SMILES string of the molecule is CCCc1noc(C(C)Sc2nc(C(C)(C)C)nc3c2c(=O)n(C)c(=O)n3C)n1. The Morgan fingerprint density at radius 2 is 1.79 bits per heavy atom. The number of aromatic nitrogens is 6. The van der Waals surface area contributed by atoms with Gasteiger partial charge in [0, 0.05) is 25.9 Å². The summed E-state index contributed by atoms with van der Waals surface area (Å²) < 4.78 is 7.85. The summed E-state index contributed by atoms with van der Waals surface area (Å²) in [5.74, 6) is 1.69. The van der Waals surface area contributed by atoms with Crippen molar-refractivity contribution in [3.05, 3.63) is 38.4 Å². The molecule has 10 heteroatoms. The van der Waals surface area contributed by atoms with Crippen LogP contribution >= 0.6 is 11.8 Å². The second kappa shape index (κ2) is 7.74. The zero-order valence-electron chi connectivity index (χ0n) is 17.8. The van der Waals surface area contributed by atoms with Crippen LogP contribution in [-0.2, 0) is 25.9 Å². The number of rotatable bonds is 5. The molecule has 0 amide bonds. The summed E-state index contributed by atoms with van der Waals surface area (Å²) in [6.45, 7) is 9.93. The van der Waals surface area contributed by atoms with Crippen LogP contribution in [0.5, 0.6) is 0 Å². The molecule has 0 spiro atoms. The summed E-state index contributed by atoms with van der Waals surface area (Å²) in [6, 6.07) is 0. The van der Waals surface area contributed by atoms with E-state index >= 15 is 0 Å². The fourth-order valence-electron chi connectivity index (χ4n) is 2.83. The van der Waals surface area contributed by atoms with E-state index in [1.54, 1.807) is 7.05 Å². The van der Waals surface area contributed by atoms with Crippen LogP contribution in [0.3, 0.4) is 0 Å². The standard InChI is InChI=1S/C19H26N6O3S/c1-8-9-11-20-14(28-23-11)10(2)29-15-12-13(21-17(22-15)19(3,4)5)24(6)18(27)25(7)16(12)26/h10H,8-9H2,1-7H3. The molecule has 0 radical (unpaired) electrons. The lowest BCUT2D eigenvalue weighted by atomic mass is 9.96. The highest BCUT2D eigenvalue weighted by molar-refractivity contribution is 7.99. The second-order valence-corrected chi connectivity index (χ2v) is 9.40. The number of hydrogen-bond donors (Lipinski definition) is 0. The van der Waals surface area contributed by atoms with Gasteiger partial charge in [0.25, 0.3) is 5.56 Å². The predicted octanol–water partition coefficient (Wildman–Crippen LogP) is 2.51. The molecule has 3 aromatic heterocycles. The lowest BCUT2D eigenvalue weighted by Gasteiger charge is -2.20. The van der Waals surface area contributed by atoms with Gasteiger partial charge in [0.15, 0.2) is 11.5 Å². The van der Waals surface area contributed by atoms with Crippen LogP contribution in [0.1, 0.15) is 63.8 Å². The van der Waals surface area contributed by atoms with Gasteiger partial charge in [-0.25, -0.2) is 14.8 Å². The number of fused-ring (bicyclic) bond motifs is 1. The Bertz CT molecular complexity index is 1170. The van der Waals surface area contributed by atoms with Gasteiger partial charge in [0.2, 0.25) is 5.89 Å². The molecule has 0 aliphatic heterocycles. The van der Waals surface area contributed by atoms with Crippen LogP contribution in [0.15, 0.2) is 19.1 Å². The van der Waals surface area contributed by atoms with E-state index in [0.29, 0.717) is 33.6 Å². The highest BCUT2D eigenvalue weighted by Crippen LogP contribution is 2.36. The van der Waals surface area contributed by atoms with Crippen LogP contribution < -0.4 is 11.2 Å². The zero-order valence-corrected chi connectivity index (χ0v) is 18.6. The molecule has 3 heterocycles.